The monoisotopic (exact) mass is 286 g/mol. The number of fused-ring (bicyclic) bond motifs is 1. The third-order valence-corrected chi connectivity index (χ3v) is 3.91. The lowest BCUT2D eigenvalue weighted by Crippen LogP contribution is -2.35. The van der Waals surface area contributed by atoms with Gasteiger partial charge in [0.25, 0.3) is 0 Å². The fraction of sp³-hybridized carbons (Fsp3) is 0.579. The Morgan fingerprint density at radius 3 is 2.57 bits per heavy atom. The van der Waals surface area contributed by atoms with Crippen LogP contribution < -0.4 is 5.32 Å². The maximum Gasteiger partial charge on any atom is 0.0483 e. The molecular formula is C19H30N2. The van der Waals surface area contributed by atoms with Gasteiger partial charge in [0.05, 0.1) is 0 Å². The third kappa shape index (κ3) is 4.89. The van der Waals surface area contributed by atoms with E-state index in [2.05, 4.69) is 68.0 Å². The van der Waals surface area contributed by atoms with Crippen LogP contribution in [0.2, 0.25) is 0 Å². The summed E-state index contributed by atoms with van der Waals surface area (Å²) in [5.74, 6) is 0. The van der Waals surface area contributed by atoms with Crippen molar-refractivity contribution >= 4 is 10.9 Å². The largest absolute Gasteiger partial charge is 0.347 e. The van der Waals surface area contributed by atoms with Crippen molar-refractivity contribution in [2.24, 2.45) is 0 Å². The van der Waals surface area contributed by atoms with Crippen LogP contribution in [0.5, 0.6) is 0 Å². The number of aromatic nitrogens is 1. The summed E-state index contributed by atoms with van der Waals surface area (Å²) in [5.41, 5.74) is 2.91. The predicted molar refractivity (Wildman–Crippen MR) is 92.7 cm³/mol. The van der Waals surface area contributed by atoms with Gasteiger partial charge in [-0.05, 0) is 50.3 Å². The van der Waals surface area contributed by atoms with Gasteiger partial charge in [0.15, 0.2) is 0 Å². The molecule has 2 aromatic rings. The van der Waals surface area contributed by atoms with Crippen LogP contribution in [0.4, 0.5) is 0 Å². The molecule has 21 heavy (non-hydrogen) atoms. The van der Waals surface area contributed by atoms with Crippen molar-refractivity contribution in [2.75, 3.05) is 0 Å². The highest BCUT2D eigenvalue weighted by atomic mass is 15.0. The van der Waals surface area contributed by atoms with Gasteiger partial charge in [-0.2, -0.15) is 0 Å². The van der Waals surface area contributed by atoms with Gasteiger partial charge in [-0.1, -0.05) is 38.3 Å². The maximum absolute atomic E-state index is 3.57. The number of nitrogens with zero attached hydrogens (tertiary/aromatic N) is 1. The second kappa shape index (κ2) is 7.13. The molecule has 0 bridgehead atoms. The van der Waals surface area contributed by atoms with E-state index in [1.807, 2.05) is 0 Å². The molecule has 0 amide bonds. The number of hydrogen-bond acceptors (Lipinski definition) is 1. The average Bonchev–Trinajstić information content (AvgIpc) is 2.83. The molecule has 1 heterocycles. The van der Waals surface area contributed by atoms with E-state index < -0.39 is 0 Å². The first-order chi connectivity index (χ1) is 9.99. The molecule has 0 aliphatic carbocycles. The molecule has 2 nitrogen and oxygen atoms in total. The zero-order valence-corrected chi connectivity index (χ0v) is 14.1. The van der Waals surface area contributed by atoms with Crippen molar-refractivity contribution in [2.45, 2.75) is 72.0 Å². The lowest BCUT2D eigenvalue weighted by atomic mass is 10.1. The molecule has 0 radical (unpaired) electrons. The molecule has 1 aromatic heterocycles. The Bertz CT molecular complexity index is 560. The summed E-state index contributed by atoms with van der Waals surface area (Å²) in [7, 11) is 0. The van der Waals surface area contributed by atoms with Crippen molar-refractivity contribution in [1.29, 1.82) is 0 Å². The maximum atomic E-state index is 3.57. The number of rotatable bonds is 7. The number of aryl methyl sites for hydroxylation is 1. The standard InChI is InChI=1S/C19H30N2/c1-5-6-7-8-12-21-13-11-17-10-9-16(14-18(17)21)15-20-19(2,3)4/h9-11,13-14,20H,5-8,12,15H2,1-4H3. The van der Waals surface area contributed by atoms with Crippen LogP contribution in [0.15, 0.2) is 30.5 Å². The Kier molecular flexibility index (Phi) is 5.46. The molecule has 0 aliphatic heterocycles. The Balaban J connectivity index is 2.05. The lowest BCUT2D eigenvalue weighted by Gasteiger charge is -2.20. The molecule has 0 aliphatic rings. The fourth-order valence-corrected chi connectivity index (χ4v) is 2.61. The second-order valence-corrected chi connectivity index (χ2v) is 7.07. The van der Waals surface area contributed by atoms with E-state index in [9.17, 15) is 0 Å². The summed E-state index contributed by atoms with van der Waals surface area (Å²) < 4.78 is 2.41. The summed E-state index contributed by atoms with van der Waals surface area (Å²) in [4.78, 5) is 0. The first kappa shape index (κ1) is 16.1. The molecule has 2 heteroatoms. The van der Waals surface area contributed by atoms with Gasteiger partial charge < -0.3 is 9.88 Å². The summed E-state index contributed by atoms with van der Waals surface area (Å²) in [6.07, 6.45) is 7.50. The second-order valence-electron chi connectivity index (χ2n) is 7.07. The minimum absolute atomic E-state index is 0.164. The first-order valence-corrected chi connectivity index (χ1v) is 8.32. The smallest absolute Gasteiger partial charge is 0.0483 e. The molecule has 116 valence electrons. The van der Waals surface area contributed by atoms with E-state index in [1.165, 1.54) is 42.1 Å². The van der Waals surface area contributed by atoms with Gasteiger partial charge in [0.2, 0.25) is 0 Å². The molecule has 1 N–H and O–H groups in total. The van der Waals surface area contributed by atoms with Crippen molar-refractivity contribution in [3.63, 3.8) is 0 Å². The van der Waals surface area contributed by atoms with Crippen LogP contribution in [0, 0.1) is 0 Å². The summed E-state index contributed by atoms with van der Waals surface area (Å²) in [6.45, 7) is 11.0. The van der Waals surface area contributed by atoms with Gasteiger partial charge in [0, 0.05) is 30.3 Å². The lowest BCUT2D eigenvalue weighted by molar-refractivity contribution is 0.424. The number of nitrogens with one attached hydrogen (secondary N) is 1. The van der Waals surface area contributed by atoms with E-state index in [-0.39, 0.29) is 5.54 Å². The third-order valence-electron chi connectivity index (χ3n) is 3.91. The van der Waals surface area contributed by atoms with Crippen LogP contribution in [0.3, 0.4) is 0 Å². The highest BCUT2D eigenvalue weighted by Gasteiger charge is 2.09. The van der Waals surface area contributed by atoms with Crippen LogP contribution in [0.25, 0.3) is 10.9 Å². The molecular weight excluding hydrogens is 256 g/mol. The van der Waals surface area contributed by atoms with Gasteiger partial charge in [0.1, 0.15) is 0 Å². The molecule has 0 saturated carbocycles. The van der Waals surface area contributed by atoms with Gasteiger partial charge >= 0.3 is 0 Å². The predicted octanol–water partition coefficient (Wildman–Crippen LogP) is 5.11. The molecule has 0 unspecified atom stereocenters. The molecule has 0 spiro atoms. The van der Waals surface area contributed by atoms with Crippen LogP contribution in [-0.4, -0.2) is 10.1 Å². The van der Waals surface area contributed by atoms with E-state index in [1.54, 1.807) is 0 Å². The molecule has 0 saturated heterocycles. The van der Waals surface area contributed by atoms with Crippen molar-refractivity contribution in [3.05, 3.63) is 36.0 Å². The fourth-order valence-electron chi connectivity index (χ4n) is 2.61. The molecule has 0 atom stereocenters. The normalized spacial score (nSPS) is 12.2. The van der Waals surface area contributed by atoms with Crippen molar-refractivity contribution in [3.8, 4) is 0 Å². The quantitative estimate of drug-likeness (QED) is 0.700. The zero-order chi connectivity index (χ0) is 15.3. The Labute approximate surface area is 129 Å². The van der Waals surface area contributed by atoms with Crippen LogP contribution >= 0.6 is 0 Å². The zero-order valence-electron chi connectivity index (χ0n) is 14.1. The van der Waals surface area contributed by atoms with Crippen LogP contribution in [-0.2, 0) is 13.1 Å². The van der Waals surface area contributed by atoms with E-state index in [4.69, 9.17) is 0 Å². The van der Waals surface area contributed by atoms with Crippen LogP contribution in [0.1, 0.15) is 58.9 Å². The van der Waals surface area contributed by atoms with Gasteiger partial charge in [-0.3, -0.25) is 0 Å². The van der Waals surface area contributed by atoms with Crippen molar-refractivity contribution in [1.82, 2.24) is 9.88 Å². The number of hydrogen-bond donors (Lipinski definition) is 1. The SMILES string of the molecule is CCCCCCn1ccc2ccc(CNC(C)(C)C)cc21. The van der Waals surface area contributed by atoms with E-state index >= 15 is 0 Å². The topological polar surface area (TPSA) is 17.0 Å². The van der Waals surface area contributed by atoms with Gasteiger partial charge in [-0.15, -0.1) is 0 Å². The minimum atomic E-state index is 0.164. The number of benzene rings is 1. The van der Waals surface area contributed by atoms with Crippen molar-refractivity contribution < 1.29 is 0 Å². The number of unbranched alkanes of at least 4 members (excludes halogenated alkanes) is 3. The summed E-state index contributed by atoms with van der Waals surface area (Å²) in [5, 5.41) is 4.92. The van der Waals surface area contributed by atoms with E-state index in [0.717, 1.165) is 13.1 Å². The summed E-state index contributed by atoms with van der Waals surface area (Å²) in [6, 6.07) is 9.06. The highest BCUT2D eigenvalue weighted by Crippen LogP contribution is 2.19. The molecule has 2 rings (SSSR count). The van der Waals surface area contributed by atoms with E-state index in [0.29, 0.717) is 0 Å². The Hall–Kier alpha value is -1.28. The Morgan fingerprint density at radius 1 is 1.05 bits per heavy atom. The average molecular weight is 286 g/mol. The highest BCUT2D eigenvalue weighted by molar-refractivity contribution is 5.80. The minimum Gasteiger partial charge on any atom is -0.347 e. The summed E-state index contributed by atoms with van der Waals surface area (Å²) >= 11 is 0. The first-order valence-electron chi connectivity index (χ1n) is 8.32. The van der Waals surface area contributed by atoms with Gasteiger partial charge in [-0.25, -0.2) is 0 Å². The molecule has 1 aromatic carbocycles. The Morgan fingerprint density at radius 2 is 1.86 bits per heavy atom. The molecule has 0 fully saturated rings.